The SMILES string of the molecule is CN1CCCC1CS(=O)(=O)Cl. The molecule has 11 heavy (non-hydrogen) atoms. The van der Waals surface area contributed by atoms with Crippen molar-refractivity contribution < 1.29 is 8.42 Å². The minimum atomic E-state index is -3.31. The lowest BCUT2D eigenvalue weighted by atomic mass is 10.2. The van der Waals surface area contributed by atoms with Crippen molar-refractivity contribution in [1.82, 2.24) is 4.90 Å². The lowest BCUT2D eigenvalue weighted by Gasteiger charge is -2.16. The van der Waals surface area contributed by atoms with Gasteiger partial charge in [0.2, 0.25) is 9.05 Å². The highest BCUT2D eigenvalue weighted by Crippen LogP contribution is 2.17. The molecule has 1 aliphatic heterocycles. The fraction of sp³-hybridized carbons (Fsp3) is 1.00. The van der Waals surface area contributed by atoms with Crippen LogP contribution in [0.25, 0.3) is 0 Å². The van der Waals surface area contributed by atoms with Gasteiger partial charge in [-0.05, 0) is 26.4 Å². The third kappa shape index (κ3) is 2.97. The summed E-state index contributed by atoms with van der Waals surface area (Å²) in [6, 6.07) is 0.137. The minimum absolute atomic E-state index is 0.0883. The van der Waals surface area contributed by atoms with Crippen molar-refractivity contribution in [3.8, 4) is 0 Å². The van der Waals surface area contributed by atoms with E-state index in [1.165, 1.54) is 0 Å². The average Bonchev–Trinajstić information content (AvgIpc) is 2.12. The summed E-state index contributed by atoms with van der Waals surface area (Å²) in [5.74, 6) is 0.0883. The number of hydrogen-bond acceptors (Lipinski definition) is 3. The highest BCUT2D eigenvalue weighted by Gasteiger charge is 2.25. The second-order valence-electron chi connectivity index (χ2n) is 2.98. The molecule has 1 heterocycles. The Hall–Kier alpha value is 0.200. The molecule has 3 nitrogen and oxygen atoms in total. The third-order valence-corrected chi connectivity index (χ3v) is 3.22. The summed E-state index contributed by atoms with van der Waals surface area (Å²) in [5.41, 5.74) is 0. The Bertz CT molecular complexity index is 227. The average molecular weight is 198 g/mol. The van der Waals surface area contributed by atoms with E-state index in [0.29, 0.717) is 0 Å². The van der Waals surface area contributed by atoms with Crippen LogP contribution in [-0.4, -0.2) is 38.7 Å². The van der Waals surface area contributed by atoms with Crippen molar-refractivity contribution in [3.05, 3.63) is 0 Å². The Morgan fingerprint density at radius 3 is 2.64 bits per heavy atom. The van der Waals surface area contributed by atoms with Crippen LogP contribution < -0.4 is 0 Å². The first-order valence-corrected chi connectivity index (χ1v) is 6.09. The molecule has 1 atom stereocenters. The van der Waals surface area contributed by atoms with Crippen molar-refractivity contribution in [2.75, 3.05) is 19.3 Å². The summed E-state index contributed by atoms with van der Waals surface area (Å²) in [5, 5.41) is 0. The zero-order valence-electron chi connectivity index (χ0n) is 6.46. The van der Waals surface area contributed by atoms with Gasteiger partial charge < -0.3 is 4.90 Å². The van der Waals surface area contributed by atoms with E-state index in [0.717, 1.165) is 19.4 Å². The molecule has 1 unspecified atom stereocenters. The largest absolute Gasteiger partial charge is 0.302 e. The van der Waals surface area contributed by atoms with Gasteiger partial charge in [0.05, 0.1) is 5.75 Å². The molecule has 0 spiro atoms. The van der Waals surface area contributed by atoms with Crippen LogP contribution in [0.15, 0.2) is 0 Å². The van der Waals surface area contributed by atoms with E-state index in [-0.39, 0.29) is 11.8 Å². The Labute approximate surface area is 71.8 Å². The second-order valence-corrected chi connectivity index (χ2v) is 5.80. The fourth-order valence-electron chi connectivity index (χ4n) is 1.42. The predicted molar refractivity (Wildman–Crippen MR) is 45.3 cm³/mol. The standard InChI is InChI=1S/C6H12ClNO2S/c1-8-4-2-3-6(8)5-11(7,9)10/h6H,2-5H2,1H3. The van der Waals surface area contributed by atoms with E-state index in [9.17, 15) is 8.42 Å². The molecule has 0 aromatic heterocycles. The molecular weight excluding hydrogens is 186 g/mol. The summed E-state index contributed by atoms with van der Waals surface area (Å²) in [6.07, 6.45) is 2.02. The molecule has 0 amide bonds. The first kappa shape index (κ1) is 9.29. The van der Waals surface area contributed by atoms with Crippen molar-refractivity contribution in [2.45, 2.75) is 18.9 Å². The van der Waals surface area contributed by atoms with Gasteiger partial charge >= 0.3 is 0 Å². The summed E-state index contributed by atoms with van der Waals surface area (Å²) in [6.45, 7) is 0.983. The predicted octanol–water partition coefficient (Wildman–Crippen LogP) is 0.649. The van der Waals surface area contributed by atoms with Crippen molar-refractivity contribution in [3.63, 3.8) is 0 Å². The summed E-state index contributed by atoms with van der Waals surface area (Å²) >= 11 is 0. The van der Waals surface area contributed by atoms with Crippen LogP contribution in [0.4, 0.5) is 0 Å². The molecule has 0 aromatic rings. The molecular formula is C6H12ClNO2S. The Kier molecular flexibility index (Phi) is 2.78. The molecule has 0 aliphatic carbocycles. The number of rotatable bonds is 2. The van der Waals surface area contributed by atoms with Crippen LogP contribution in [0.1, 0.15) is 12.8 Å². The number of nitrogens with zero attached hydrogens (tertiary/aromatic N) is 1. The lowest BCUT2D eigenvalue weighted by molar-refractivity contribution is 0.332. The second kappa shape index (κ2) is 3.29. The normalized spacial score (nSPS) is 27.6. The molecule has 1 saturated heterocycles. The van der Waals surface area contributed by atoms with Gasteiger partial charge in [-0.2, -0.15) is 0 Å². The van der Waals surface area contributed by atoms with E-state index >= 15 is 0 Å². The van der Waals surface area contributed by atoms with E-state index in [1.807, 2.05) is 11.9 Å². The molecule has 1 rings (SSSR count). The molecule has 0 aromatic carbocycles. The van der Waals surface area contributed by atoms with Gasteiger partial charge in [-0.25, -0.2) is 8.42 Å². The van der Waals surface area contributed by atoms with Gasteiger partial charge in [-0.15, -0.1) is 0 Å². The van der Waals surface area contributed by atoms with Gasteiger partial charge in [0, 0.05) is 16.7 Å². The maximum Gasteiger partial charge on any atom is 0.234 e. The van der Waals surface area contributed by atoms with E-state index in [2.05, 4.69) is 0 Å². The van der Waals surface area contributed by atoms with Crippen molar-refractivity contribution >= 4 is 19.7 Å². The molecule has 66 valence electrons. The van der Waals surface area contributed by atoms with Crippen LogP contribution in [0, 0.1) is 0 Å². The monoisotopic (exact) mass is 197 g/mol. The number of likely N-dealkylation sites (tertiary alicyclic amines) is 1. The Balaban J connectivity index is 2.50. The Morgan fingerprint density at radius 2 is 2.27 bits per heavy atom. The van der Waals surface area contributed by atoms with Gasteiger partial charge in [-0.3, -0.25) is 0 Å². The third-order valence-electron chi connectivity index (χ3n) is 2.06. The molecule has 0 bridgehead atoms. The van der Waals surface area contributed by atoms with Gasteiger partial charge in [0.25, 0.3) is 0 Å². The van der Waals surface area contributed by atoms with Crippen molar-refractivity contribution in [1.29, 1.82) is 0 Å². The number of hydrogen-bond donors (Lipinski definition) is 0. The molecule has 1 aliphatic rings. The zero-order valence-corrected chi connectivity index (χ0v) is 8.03. The fourth-order valence-corrected chi connectivity index (χ4v) is 2.74. The van der Waals surface area contributed by atoms with Gasteiger partial charge in [0.1, 0.15) is 0 Å². The molecule has 0 N–H and O–H groups in total. The van der Waals surface area contributed by atoms with Crippen LogP contribution in [0.3, 0.4) is 0 Å². The summed E-state index contributed by atoms with van der Waals surface area (Å²) in [7, 11) is 3.74. The number of halogens is 1. The van der Waals surface area contributed by atoms with Gasteiger partial charge in [-0.1, -0.05) is 0 Å². The van der Waals surface area contributed by atoms with Crippen LogP contribution in [-0.2, 0) is 9.05 Å². The van der Waals surface area contributed by atoms with E-state index in [4.69, 9.17) is 10.7 Å². The zero-order chi connectivity index (χ0) is 8.48. The Morgan fingerprint density at radius 1 is 1.64 bits per heavy atom. The van der Waals surface area contributed by atoms with Gasteiger partial charge in [0.15, 0.2) is 0 Å². The minimum Gasteiger partial charge on any atom is -0.302 e. The smallest absolute Gasteiger partial charge is 0.234 e. The molecule has 0 radical (unpaired) electrons. The van der Waals surface area contributed by atoms with Crippen LogP contribution in [0.2, 0.25) is 0 Å². The lowest BCUT2D eigenvalue weighted by Crippen LogP contribution is -2.30. The van der Waals surface area contributed by atoms with Crippen molar-refractivity contribution in [2.24, 2.45) is 0 Å². The summed E-state index contributed by atoms with van der Waals surface area (Å²) < 4.78 is 21.3. The molecule has 0 saturated carbocycles. The summed E-state index contributed by atoms with van der Waals surface area (Å²) in [4.78, 5) is 2.04. The topological polar surface area (TPSA) is 37.4 Å². The quantitative estimate of drug-likeness (QED) is 0.610. The maximum atomic E-state index is 10.7. The first-order chi connectivity index (χ1) is 4.99. The highest BCUT2D eigenvalue weighted by atomic mass is 35.7. The van der Waals surface area contributed by atoms with E-state index < -0.39 is 9.05 Å². The molecule has 5 heteroatoms. The van der Waals surface area contributed by atoms with Crippen LogP contribution in [0.5, 0.6) is 0 Å². The maximum absolute atomic E-state index is 10.7. The van der Waals surface area contributed by atoms with E-state index in [1.54, 1.807) is 0 Å². The highest BCUT2D eigenvalue weighted by molar-refractivity contribution is 8.13. The molecule has 1 fully saturated rings. The van der Waals surface area contributed by atoms with Crippen LogP contribution >= 0.6 is 10.7 Å². The first-order valence-electron chi connectivity index (χ1n) is 3.61.